The Bertz CT molecular complexity index is 478. The Kier molecular flexibility index (Phi) is 5.62. The van der Waals surface area contributed by atoms with Crippen molar-refractivity contribution in [2.75, 3.05) is 6.61 Å². The van der Waals surface area contributed by atoms with Crippen molar-refractivity contribution in [1.29, 1.82) is 0 Å². The molecule has 4 heteroatoms. The van der Waals surface area contributed by atoms with Gasteiger partial charge in [-0.05, 0) is 30.0 Å². The molecule has 0 atom stereocenters. The first kappa shape index (κ1) is 14.6. The zero-order valence-corrected chi connectivity index (χ0v) is 12.1. The Labute approximate surface area is 120 Å². The third kappa shape index (κ3) is 5.05. The van der Waals surface area contributed by atoms with Crippen LogP contribution in [0.25, 0.3) is 0 Å². The van der Waals surface area contributed by atoms with E-state index in [0.29, 0.717) is 12.5 Å². The summed E-state index contributed by atoms with van der Waals surface area (Å²) in [5.74, 6) is 2.46. The first-order chi connectivity index (χ1) is 9.74. The first-order valence-corrected chi connectivity index (χ1v) is 7.06. The predicted molar refractivity (Wildman–Crippen MR) is 78.4 cm³/mol. The minimum Gasteiger partial charge on any atom is -0.494 e. The minimum absolute atomic E-state index is 0.676. The van der Waals surface area contributed by atoms with Crippen molar-refractivity contribution in [3.63, 3.8) is 0 Å². The number of aromatic nitrogens is 1. The zero-order chi connectivity index (χ0) is 14.2. The van der Waals surface area contributed by atoms with E-state index >= 15 is 0 Å². The molecule has 0 aliphatic heterocycles. The Morgan fingerprint density at radius 3 is 2.60 bits per heavy atom. The standard InChI is InChI=1S/C16H22N2O2/c1-13(2)8-10-19-15-5-3-14(4-6-15)11-17-12-16-7-9-18-20-16/h3-7,9,13,17H,8,10-12H2,1-2H3. The Morgan fingerprint density at radius 1 is 1.15 bits per heavy atom. The van der Waals surface area contributed by atoms with Gasteiger partial charge in [-0.1, -0.05) is 31.1 Å². The molecule has 0 aliphatic rings. The molecule has 0 spiro atoms. The number of benzene rings is 1. The lowest BCUT2D eigenvalue weighted by molar-refractivity contribution is 0.289. The maximum absolute atomic E-state index is 5.69. The first-order valence-electron chi connectivity index (χ1n) is 7.06. The van der Waals surface area contributed by atoms with Gasteiger partial charge >= 0.3 is 0 Å². The van der Waals surface area contributed by atoms with E-state index in [2.05, 4.69) is 36.5 Å². The van der Waals surface area contributed by atoms with Crippen molar-refractivity contribution in [2.24, 2.45) is 5.92 Å². The van der Waals surface area contributed by atoms with Crippen molar-refractivity contribution >= 4 is 0 Å². The fourth-order valence-corrected chi connectivity index (χ4v) is 1.78. The summed E-state index contributed by atoms with van der Waals surface area (Å²) < 4.78 is 10.7. The summed E-state index contributed by atoms with van der Waals surface area (Å²) >= 11 is 0. The van der Waals surface area contributed by atoms with E-state index in [0.717, 1.165) is 31.1 Å². The van der Waals surface area contributed by atoms with Gasteiger partial charge in [-0.2, -0.15) is 0 Å². The van der Waals surface area contributed by atoms with Gasteiger partial charge in [-0.25, -0.2) is 0 Å². The molecule has 0 bridgehead atoms. The highest BCUT2D eigenvalue weighted by atomic mass is 16.5. The molecule has 0 saturated carbocycles. The van der Waals surface area contributed by atoms with Gasteiger partial charge in [-0.15, -0.1) is 0 Å². The maximum Gasteiger partial charge on any atom is 0.150 e. The summed E-state index contributed by atoms with van der Waals surface area (Å²) in [7, 11) is 0. The van der Waals surface area contributed by atoms with Gasteiger partial charge in [0.2, 0.25) is 0 Å². The highest BCUT2D eigenvalue weighted by molar-refractivity contribution is 5.27. The van der Waals surface area contributed by atoms with Crippen LogP contribution in [-0.4, -0.2) is 11.8 Å². The van der Waals surface area contributed by atoms with Crippen LogP contribution in [0.15, 0.2) is 41.1 Å². The second kappa shape index (κ2) is 7.70. The van der Waals surface area contributed by atoms with Gasteiger partial charge in [0.15, 0.2) is 0 Å². The topological polar surface area (TPSA) is 47.3 Å². The lowest BCUT2D eigenvalue weighted by Crippen LogP contribution is -2.12. The summed E-state index contributed by atoms with van der Waals surface area (Å²) in [4.78, 5) is 0. The minimum atomic E-state index is 0.676. The molecule has 1 aromatic carbocycles. The van der Waals surface area contributed by atoms with Crippen LogP contribution in [0.5, 0.6) is 5.75 Å². The second-order valence-corrected chi connectivity index (χ2v) is 5.26. The fraction of sp³-hybridized carbons (Fsp3) is 0.438. The number of hydrogen-bond acceptors (Lipinski definition) is 4. The van der Waals surface area contributed by atoms with Crippen LogP contribution >= 0.6 is 0 Å². The smallest absolute Gasteiger partial charge is 0.150 e. The van der Waals surface area contributed by atoms with Crippen LogP contribution in [0.1, 0.15) is 31.6 Å². The van der Waals surface area contributed by atoms with E-state index in [1.807, 2.05) is 18.2 Å². The number of ether oxygens (including phenoxy) is 1. The molecular formula is C16H22N2O2. The zero-order valence-electron chi connectivity index (χ0n) is 12.1. The molecule has 4 nitrogen and oxygen atoms in total. The molecule has 0 saturated heterocycles. The molecule has 108 valence electrons. The van der Waals surface area contributed by atoms with Crippen LogP contribution in [0.2, 0.25) is 0 Å². The third-order valence-corrected chi connectivity index (χ3v) is 3.01. The maximum atomic E-state index is 5.69. The van der Waals surface area contributed by atoms with E-state index in [4.69, 9.17) is 9.26 Å². The van der Waals surface area contributed by atoms with Crippen molar-refractivity contribution < 1.29 is 9.26 Å². The number of nitrogens with one attached hydrogen (secondary N) is 1. The molecule has 20 heavy (non-hydrogen) atoms. The van der Waals surface area contributed by atoms with Gasteiger partial charge in [0.1, 0.15) is 11.5 Å². The number of rotatable bonds is 8. The van der Waals surface area contributed by atoms with Crippen molar-refractivity contribution in [3.8, 4) is 5.75 Å². The van der Waals surface area contributed by atoms with Gasteiger partial charge < -0.3 is 14.6 Å². The van der Waals surface area contributed by atoms with E-state index < -0.39 is 0 Å². The van der Waals surface area contributed by atoms with Crippen LogP contribution in [-0.2, 0) is 13.1 Å². The average Bonchev–Trinajstić information content (AvgIpc) is 2.93. The van der Waals surface area contributed by atoms with Crippen LogP contribution in [0, 0.1) is 5.92 Å². The lowest BCUT2D eigenvalue weighted by Gasteiger charge is -2.09. The van der Waals surface area contributed by atoms with Crippen LogP contribution < -0.4 is 10.1 Å². The molecule has 0 unspecified atom stereocenters. The molecule has 1 aromatic heterocycles. The molecule has 0 radical (unpaired) electrons. The molecule has 1 N–H and O–H groups in total. The second-order valence-electron chi connectivity index (χ2n) is 5.26. The van der Waals surface area contributed by atoms with Crippen LogP contribution in [0.4, 0.5) is 0 Å². The summed E-state index contributed by atoms with van der Waals surface area (Å²) in [6.07, 6.45) is 2.74. The largest absolute Gasteiger partial charge is 0.494 e. The van der Waals surface area contributed by atoms with Gasteiger partial charge in [0.25, 0.3) is 0 Å². The highest BCUT2D eigenvalue weighted by Crippen LogP contribution is 2.13. The Balaban J connectivity index is 1.71. The van der Waals surface area contributed by atoms with Crippen molar-refractivity contribution in [3.05, 3.63) is 47.9 Å². The normalized spacial score (nSPS) is 10.9. The summed E-state index contributed by atoms with van der Waals surface area (Å²) in [5, 5.41) is 6.98. The van der Waals surface area contributed by atoms with Gasteiger partial charge in [-0.3, -0.25) is 0 Å². The molecule has 0 aliphatic carbocycles. The molecular weight excluding hydrogens is 252 g/mol. The van der Waals surface area contributed by atoms with Gasteiger partial charge in [0, 0.05) is 12.6 Å². The SMILES string of the molecule is CC(C)CCOc1ccc(CNCc2ccno2)cc1. The lowest BCUT2D eigenvalue weighted by atomic mass is 10.1. The van der Waals surface area contributed by atoms with E-state index in [1.54, 1.807) is 6.20 Å². The average molecular weight is 274 g/mol. The fourth-order valence-electron chi connectivity index (χ4n) is 1.78. The van der Waals surface area contributed by atoms with Crippen molar-refractivity contribution in [1.82, 2.24) is 10.5 Å². The highest BCUT2D eigenvalue weighted by Gasteiger charge is 1.99. The molecule has 2 aromatic rings. The summed E-state index contributed by atoms with van der Waals surface area (Å²) in [6, 6.07) is 10.1. The number of nitrogens with zero attached hydrogens (tertiary/aromatic N) is 1. The Hall–Kier alpha value is -1.81. The summed E-state index contributed by atoms with van der Waals surface area (Å²) in [5.41, 5.74) is 1.22. The monoisotopic (exact) mass is 274 g/mol. The Morgan fingerprint density at radius 2 is 1.95 bits per heavy atom. The van der Waals surface area contributed by atoms with E-state index in [9.17, 15) is 0 Å². The van der Waals surface area contributed by atoms with Crippen molar-refractivity contribution in [2.45, 2.75) is 33.4 Å². The predicted octanol–water partition coefficient (Wildman–Crippen LogP) is 3.39. The van der Waals surface area contributed by atoms with E-state index in [-0.39, 0.29) is 0 Å². The van der Waals surface area contributed by atoms with Gasteiger partial charge in [0.05, 0.1) is 19.3 Å². The number of hydrogen-bond donors (Lipinski definition) is 1. The molecule has 2 rings (SSSR count). The third-order valence-electron chi connectivity index (χ3n) is 3.01. The molecule has 0 fully saturated rings. The summed E-state index contributed by atoms with van der Waals surface area (Å²) in [6.45, 7) is 6.67. The van der Waals surface area contributed by atoms with E-state index in [1.165, 1.54) is 5.56 Å². The quantitative estimate of drug-likeness (QED) is 0.801. The molecule has 0 amide bonds. The van der Waals surface area contributed by atoms with Crippen LogP contribution in [0.3, 0.4) is 0 Å². The molecule has 1 heterocycles.